The smallest absolute Gasteiger partial charge is 0.307 e. The van der Waals surface area contributed by atoms with E-state index in [1.807, 2.05) is 7.05 Å². The van der Waals surface area contributed by atoms with Crippen LogP contribution in [0.2, 0.25) is 0 Å². The molecule has 0 amide bonds. The minimum Gasteiger partial charge on any atom is -0.481 e. The lowest BCUT2D eigenvalue weighted by Crippen LogP contribution is -2.69. The van der Waals surface area contributed by atoms with Crippen LogP contribution in [0.3, 0.4) is 0 Å². The van der Waals surface area contributed by atoms with Crippen molar-refractivity contribution in [2.75, 3.05) is 65.2 Å². The zero-order chi connectivity index (χ0) is 73.5. The number of nitrogen functional groups attached to an aromatic ring is 2. The Hall–Kier alpha value is -4.08. The van der Waals surface area contributed by atoms with Gasteiger partial charge in [0.25, 0.3) is 11.9 Å². The number of fused-ring (bicyclic) bond motifs is 6. The molecule has 4 bridgehead atoms. The van der Waals surface area contributed by atoms with Crippen molar-refractivity contribution in [3.05, 3.63) is 23.3 Å². The minimum absolute atomic E-state index is 0. The van der Waals surface area contributed by atoms with E-state index >= 15 is 0 Å². The second-order valence-corrected chi connectivity index (χ2v) is 39.5. The van der Waals surface area contributed by atoms with E-state index in [1.165, 1.54) is 12.0 Å². The van der Waals surface area contributed by atoms with Crippen LogP contribution in [0.25, 0.3) is 0 Å². The van der Waals surface area contributed by atoms with Crippen LogP contribution in [-0.2, 0) is 28.5 Å². The standard InChI is InChI=1S/C39H66N6O4.C39H67NO4.CH3N5.CH4/c1-23(2)24(3)34(7)17-18-36(9)25-13-14-28-35(8)20-48-22-39(28,26(25)15-16-37(36,10)29(34)31(46)47)19-27(45-43-32(40)42-44-45)30(35)49-21-38(11,41-12)33(4,5)6;1-24(2)26(4)34(8)18-19-36(10)27-14-15-29-35(9)21-43-23-39(29,28(27)16-17-37(36,11)30(34)32(41)42)20-25(3)31(35)44-22-38(12,40-13)33(5,6)7;2-1-3-5-6-4-1;/h15,23-25,27-30,41H,13-14,16-22H2,1-12H3,(H2,40,43)(H,46,47);16,24-27,29-31,40H,14-15,17-23H2,1-13H3,(H,41,42);(H3,2,3,4,5,6);1H4/t24-,25+,27-,28+,29-,30+,34-,35-,36-,37+,38+,39+;25-,26-,27+,29+,30-,31+,34-,35-,36-,37+,38+,39+;;/m11../s1. The molecule has 2 aliphatic heterocycles. The maximum absolute atomic E-state index is 13.5. The van der Waals surface area contributed by atoms with Gasteiger partial charge in [-0.2, -0.15) is 10.0 Å². The van der Waals surface area contributed by atoms with E-state index in [1.54, 1.807) is 10.4 Å². The van der Waals surface area contributed by atoms with Crippen LogP contribution < -0.4 is 22.1 Å². The fourth-order valence-electron chi connectivity index (χ4n) is 24.9. The number of nitrogens with zero attached hydrogens (tertiary/aromatic N) is 7. The molecule has 0 aromatic carbocycles. The van der Waals surface area contributed by atoms with Crippen molar-refractivity contribution < 1.29 is 38.7 Å². The number of rotatable bonds is 15. The second-order valence-electron chi connectivity index (χ2n) is 39.5. The zero-order valence-corrected chi connectivity index (χ0v) is 66.1. The number of aromatic nitrogens is 8. The first-order valence-electron chi connectivity index (χ1n) is 38.4. The molecule has 4 heterocycles. The molecule has 9 N–H and O–H groups in total. The summed E-state index contributed by atoms with van der Waals surface area (Å²) in [6.07, 6.45) is 17.0. The maximum Gasteiger partial charge on any atom is 0.307 e. The van der Waals surface area contributed by atoms with Gasteiger partial charge in [-0.1, -0.05) is 186 Å². The highest BCUT2D eigenvalue weighted by Gasteiger charge is 2.74. The quantitative estimate of drug-likeness (QED) is 0.0816. The van der Waals surface area contributed by atoms with Gasteiger partial charge in [0, 0.05) is 32.7 Å². The average Bonchev–Trinajstić information content (AvgIpc) is 0.724. The highest BCUT2D eigenvalue weighted by molar-refractivity contribution is 5.74. The number of tetrazole rings is 2. The molecule has 2 aromatic rings. The van der Waals surface area contributed by atoms with Gasteiger partial charge < -0.3 is 51.3 Å². The van der Waals surface area contributed by atoms with Gasteiger partial charge in [-0.15, -0.1) is 10.2 Å². The average molecular weight is 1400 g/mol. The SMILES string of the molecule is C.CN[C@@](C)(CO[C@H]1[C@H](C)C[C@@]23COC[C@]1(C)[C@@H]2CC[C@H]1C3=CC[C@@]2(C)[C@H](C(=O)O)[C@@](C)([C@H](C)C(C)C)CC[C@]12C)C(C)(C)C.CN[C@@](C)(CO[C@H]1[C@H](n2nnc(N)n2)C[C@@]23COC[C@]1(C)[C@@H]2CC[C@H]1C3=CC[C@@]2(C)[C@H](C(=O)O)[C@@](C)([C@H](C)C(C)C)CC[C@]12C)C(C)(C)C.Nc1nn[nH]n1. The third kappa shape index (κ3) is 12.0. The van der Waals surface area contributed by atoms with Crippen LogP contribution in [-0.4, -0.2) is 140 Å². The van der Waals surface area contributed by atoms with Gasteiger partial charge in [0.2, 0.25) is 0 Å². The third-order valence-electron chi connectivity index (χ3n) is 33.1. The molecule has 8 fully saturated rings. The second kappa shape index (κ2) is 27.1. The summed E-state index contributed by atoms with van der Waals surface area (Å²) in [5, 5.41) is 54.4. The van der Waals surface area contributed by atoms with E-state index in [4.69, 9.17) is 30.4 Å². The van der Waals surface area contributed by atoms with Crippen LogP contribution in [0, 0.1) is 130 Å². The molecule has 12 rings (SSSR count). The Morgan fingerprint density at radius 3 is 1.39 bits per heavy atom. The minimum atomic E-state index is -0.628. The summed E-state index contributed by atoms with van der Waals surface area (Å²) < 4.78 is 27.6. The molecule has 2 aromatic heterocycles. The summed E-state index contributed by atoms with van der Waals surface area (Å²) >= 11 is 0. The number of nitrogens with two attached hydrogens (primary N) is 2. The molecule has 20 heteroatoms. The predicted molar refractivity (Wildman–Crippen MR) is 396 cm³/mol. The zero-order valence-electron chi connectivity index (χ0n) is 66.1. The summed E-state index contributed by atoms with van der Waals surface area (Å²) in [5.74, 6) is 1.93. The molecule has 2 saturated heterocycles. The maximum atomic E-state index is 13.5. The number of likely N-dealkylation sites (N-methyl/N-ethyl adjacent to an activating group) is 2. The van der Waals surface area contributed by atoms with Crippen molar-refractivity contribution in [1.29, 1.82) is 0 Å². The molecule has 10 aliphatic rings. The highest BCUT2D eigenvalue weighted by Crippen LogP contribution is 2.78. The van der Waals surface area contributed by atoms with Crippen LogP contribution in [0.5, 0.6) is 0 Å². The lowest BCUT2D eigenvalue weighted by Gasteiger charge is -2.71. The molecule has 0 spiro atoms. The van der Waals surface area contributed by atoms with Crippen molar-refractivity contribution in [2.24, 2.45) is 130 Å². The lowest BCUT2D eigenvalue weighted by atomic mass is 9.34. The van der Waals surface area contributed by atoms with E-state index in [2.05, 4.69) is 225 Å². The van der Waals surface area contributed by atoms with Crippen molar-refractivity contribution in [3.63, 3.8) is 0 Å². The van der Waals surface area contributed by atoms with Crippen LogP contribution >= 0.6 is 0 Å². The largest absolute Gasteiger partial charge is 0.481 e. The third-order valence-corrected chi connectivity index (χ3v) is 33.1. The number of nitrogens with one attached hydrogen (secondary N) is 3. The van der Waals surface area contributed by atoms with Crippen LogP contribution in [0.1, 0.15) is 250 Å². The Kier molecular flexibility index (Phi) is 21.7. The van der Waals surface area contributed by atoms with E-state index in [-0.39, 0.29) is 125 Å². The summed E-state index contributed by atoms with van der Waals surface area (Å²) in [6.45, 7) is 57.3. The molecule has 100 heavy (non-hydrogen) atoms. The first kappa shape index (κ1) is 80.0. The van der Waals surface area contributed by atoms with E-state index in [0.717, 1.165) is 83.8 Å². The number of carboxylic acids is 2. The Bertz CT molecular complexity index is 3310. The Labute approximate surface area is 602 Å². The summed E-state index contributed by atoms with van der Waals surface area (Å²) in [6, 6.07) is -0.176. The Morgan fingerprint density at radius 2 is 1.04 bits per heavy atom. The summed E-state index contributed by atoms with van der Waals surface area (Å²) in [7, 11) is 4.08. The van der Waals surface area contributed by atoms with Gasteiger partial charge in [0.05, 0.1) is 63.7 Å². The van der Waals surface area contributed by atoms with Crippen molar-refractivity contribution in [2.45, 2.75) is 273 Å². The molecule has 20 nitrogen and oxygen atoms in total. The topological polar surface area (TPSA) is 286 Å². The molecule has 6 saturated carbocycles. The summed E-state index contributed by atoms with van der Waals surface area (Å²) in [4.78, 5) is 28.5. The van der Waals surface area contributed by atoms with Gasteiger partial charge in [0.15, 0.2) is 0 Å². The number of anilines is 2. The number of ether oxygens (including phenoxy) is 4. The van der Waals surface area contributed by atoms with Crippen molar-refractivity contribution >= 4 is 23.8 Å². The summed E-state index contributed by atoms with van der Waals surface area (Å²) in [5.41, 5.74) is 12.0. The van der Waals surface area contributed by atoms with Crippen molar-refractivity contribution in [1.82, 2.24) is 51.5 Å². The first-order chi connectivity index (χ1) is 45.7. The number of aromatic amines is 1. The fraction of sp³-hybridized carbons (Fsp3) is 0.900. The van der Waals surface area contributed by atoms with Crippen LogP contribution in [0.4, 0.5) is 11.9 Å². The number of hydrogen-bond acceptors (Lipinski definition) is 16. The predicted octanol–water partition coefficient (Wildman–Crippen LogP) is 14.8. The number of allylic oxidation sites excluding steroid dienone is 2. The Morgan fingerprint density at radius 1 is 0.620 bits per heavy atom. The van der Waals surface area contributed by atoms with E-state index < -0.39 is 17.9 Å². The van der Waals surface area contributed by atoms with Crippen LogP contribution in [0.15, 0.2) is 23.3 Å². The number of aliphatic carboxylic acids is 2. The van der Waals surface area contributed by atoms with Gasteiger partial charge in [-0.05, 0) is 212 Å². The molecule has 0 radical (unpaired) electrons. The number of carboxylic acid groups (broad SMARTS) is 2. The first-order valence-corrected chi connectivity index (χ1v) is 38.4. The lowest BCUT2D eigenvalue weighted by molar-refractivity contribution is -0.255. The molecular weight excluding hydrogens is 1260 g/mol. The van der Waals surface area contributed by atoms with Crippen molar-refractivity contribution in [3.8, 4) is 0 Å². The molecule has 24 atom stereocenters. The Balaban J connectivity index is 0.000000214. The van der Waals surface area contributed by atoms with E-state index in [0.29, 0.717) is 73.8 Å². The van der Waals surface area contributed by atoms with E-state index in [9.17, 15) is 19.8 Å². The fourth-order valence-corrected chi connectivity index (χ4v) is 24.9. The highest BCUT2D eigenvalue weighted by atomic mass is 16.5. The normalized spacial score (nSPS) is 42.9. The molecule has 0 unspecified atom stereocenters. The number of H-pyrrole nitrogens is 1. The molecule has 8 aliphatic carbocycles. The molecular formula is C80H140N12O8. The monoisotopic (exact) mass is 1400 g/mol. The van der Waals surface area contributed by atoms with Gasteiger partial charge >= 0.3 is 11.9 Å². The van der Waals surface area contributed by atoms with Gasteiger partial charge in [-0.25, -0.2) is 0 Å². The number of carbonyl (C=O) groups is 2. The van der Waals surface area contributed by atoms with Gasteiger partial charge in [0.1, 0.15) is 6.04 Å². The number of hydrogen-bond donors (Lipinski definition) is 7. The van der Waals surface area contributed by atoms with Gasteiger partial charge in [-0.3, -0.25) is 9.59 Å². The molecule has 568 valence electrons.